The molecule has 2 aromatic rings. The number of carbonyl (C=O) groups is 2. The molecule has 7 nitrogen and oxygen atoms in total. The number of halogens is 1. The summed E-state index contributed by atoms with van der Waals surface area (Å²) in [5.74, 6) is -2.06. The molecule has 22 heavy (non-hydrogen) atoms. The Kier molecular flexibility index (Phi) is 4.09. The van der Waals surface area contributed by atoms with Gasteiger partial charge in [-0.2, -0.15) is 0 Å². The van der Waals surface area contributed by atoms with Crippen molar-refractivity contribution in [2.24, 2.45) is 0 Å². The van der Waals surface area contributed by atoms with Crippen LogP contribution in [-0.2, 0) is 0 Å². The van der Waals surface area contributed by atoms with Gasteiger partial charge in [-0.25, -0.2) is 4.79 Å². The smallest absolute Gasteiger partial charge is 0.336 e. The number of hydrogen-bond donors (Lipinski definition) is 2. The molecule has 0 heterocycles. The Morgan fingerprint density at radius 1 is 1.14 bits per heavy atom. The van der Waals surface area contributed by atoms with Gasteiger partial charge in [-0.05, 0) is 30.3 Å². The highest BCUT2D eigenvalue weighted by Crippen LogP contribution is 2.29. The van der Waals surface area contributed by atoms with Crippen LogP contribution in [0.2, 0.25) is 5.02 Å². The Balaban J connectivity index is 2.63. The minimum atomic E-state index is -1.37. The summed E-state index contributed by atoms with van der Waals surface area (Å²) in [6, 6.07) is 7.54. The number of nitrogens with zero attached hydrogens (tertiary/aromatic N) is 1. The van der Waals surface area contributed by atoms with E-state index in [1.165, 1.54) is 24.3 Å². The van der Waals surface area contributed by atoms with Crippen LogP contribution in [0.3, 0.4) is 0 Å². The van der Waals surface area contributed by atoms with Gasteiger partial charge in [0.2, 0.25) is 5.78 Å². The first-order valence-electron chi connectivity index (χ1n) is 5.92. The fourth-order valence-electron chi connectivity index (χ4n) is 1.91. The molecular weight excluding hydrogens is 312 g/mol. The summed E-state index contributed by atoms with van der Waals surface area (Å²) in [6.45, 7) is 0. The van der Waals surface area contributed by atoms with Crippen molar-refractivity contribution in [2.45, 2.75) is 0 Å². The zero-order valence-corrected chi connectivity index (χ0v) is 11.7. The van der Waals surface area contributed by atoms with E-state index in [1.807, 2.05) is 0 Å². The van der Waals surface area contributed by atoms with Crippen LogP contribution in [0, 0.1) is 10.1 Å². The fraction of sp³-hybridized carbons (Fsp3) is 0. The van der Waals surface area contributed by atoms with Gasteiger partial charge in [0.05, 0.1) is 16.2 Å². The number of nitro benzene ring substituents is 1. The van der Waals surface area contributed by atoms with E-state index >= 15 is 0 Å². The van der Waals surface area contributed by atoms with Crippen LogP contribution >= 0.6 is 11.6 Å². The number of aromatic carboxylic acids is 1. The van der Waals surface area contributed by atoms with E-state index in [0.29, 0.717) is 5.02 Å². The second-order valence-corrected chi connectivity index (χ2v) is 4.79. The van der Waals surface area contributed by atoms with Crippen LogP contribution in [0.5, 0.6) is 0 Å². The number of carboxylic acid groups (broad SMARTS) is 1. The van der Waals surface area contributed by atoms with Gasteiger partial charge in [-0.15, -0.1) is 0 Å². The van der Waals surface area contributed by atoms with Gasteiger partial charge in [0.25, 0.3) is 5.69 Å². The van der Waals surface area contributed by atoms with Crippen molar-refractivity contribution < 1.29 is 19.6 Å². The molecule has 112 valence electrons. The Morgan fingerprint density at radius 2 is 1.73 bits per heavy atom. The van der Waals surface area contributed by atoms with Gasteiger partial charge in [0, 0.05) is 16.7 Å². The highest BCUT2D eigenvalue weighted by atomic mass is 35.5. The molecule has 0 saturated heterocycles. The largest absolute Gasteiger partial charge is 0.478 e. The van der Waals surface area contributed by atoms with Crippen molar-refractivity contribution >= 4 is 34.7 Å². The van der Waals surface area contributed by atoms with E-state index in [2.05, 4.69) is 0 Å². The van der Waals surface area contributed by atoms with Gasteiger partial charge in [0.15, 0.2) is 0 Å². The van der Waals surface area contributed by atoms with E-state index in [4.69, 9.17) is 22.4 Å². The minimum absolute atomic E-state index is 0.155. The van der Waals surface area contributed by atoms with Crippen LogP contribution < -0.4 is 5.73 Å². The first-order valence-corrected chi connectivity index (χ1v) is 6.30. The van der Waals surface area contributed by atoms with Gasteiger partial charge >= 0.3 is 5.97 Å². The topological polar surface area (TPSA) is 124 Å². The van der Waals surface area contributed by atoms with Crippen LogP contribution in [0.1, 0.15) is 26.3 Å². The highest BCUT2D eigenvalue weighted by molar-refractivity contribution is 6.30. The summed E-state index contributed by atoms with van der Waals surface area (Å²) in [5.41, 5.74) is 4.17. The SMILES string of the molecule is Nc1cc(C(=O)O)cc([N+](=O)[O-])c1C(=O)c1ccc(Cl)cc1. The number of carboxylic acids is 1. The van der Waals surface area contributed by atoms with Gasteiger partial charge in [-0.1, -0.05) is 11.6 Å². The number of anilines is 1. The summed E-state index contributed by atoms with van der Waals surface area (Å²) in [6.07, 6.45) is 0. The molecular formula is C14H9ClN2O5. The average molecular weight is 321 g/mol. The zero-order chi connectivity index (χ0) is 16.4. The van der Waals surface area contributed by atoms with Crippen LogP contribution in [0.25, 0.3) is 0 Å². The normalized spacial score (nSPS) is 10.2. The van der Waals surface area contributed by atoms with Crippen LogP contribution in [0.15, 0.2) is 36.4 Å². The van der Waals surface area contributed by atoms with Gasteiger partial charge in [-0.3, -0.25) is 14.9 Å². The molecule has 0 spiro atoms. The minimum Gasteiger partial charge on any atom is -0.478 e. The highest BCUT2D eigenvalue weighted by Gasteiger charge is 2.26. The predicted octanol–water partition coefficient (Wildman–Crippen LogP) is 2.76. The Bertz CT molecular complexity index is 787. The molecule has 0 unspecified atom stereocenters. The fourth-order valence-corrected chi connectivity index (χ4v) is 2.04. The van der Waals surface area contributed by atoms with E-state index in [0.717, 1.165) is 12.1 Å². The summed E-state index contributed by atoms with van der Waals surface area (Å²) in [4.78, 5) is 33.6. The molecule has 3 N–H and O–H groups in total. The van der Waals surface area contributed by atoms with Crippen molar-refractivity contribution in [1.29, 1.82) is 0 Å². The third kappa shape index (κ3) is 2.89. The molecule has 0 aliphatic heterocycles. The molecule has 0 saturated carbocycles. The van der Waals surface area contributed by atoms with Crippen LogP contribution in [-0.4, -0.2) is 21.8 Å². The molecule has 0 amide bonds. The molecule has 0 aliphatic carbocycles. The van der Waals surface area contributed by atoms with Crippen molar-refractivity contribution in [3.63, 3.8) is 0 Å². The lowest BCUT2D eigenvalue weighted by atomic mass is 9.98. The van der Waals surface area contributed by atoms with E-state index in [9.17, 15) is 19.7 Å². The first-order chi connectivity index (χ1) is 10.3. The van der Waals surface area contributed by atoms with Gasteiger partial charge < -0.3 is 10.8 Å². The second kappa shape index (κ2) is 5.82. The number of benzene rings is 2. The lowest BCUT2D eigenvalue weighted by Crippen LogP contribution is -2.11. The van der Waals surface area contributed by atoms with E-state index < -0.39 is 22.4 Å². The molecule has 2 aromatic carbocycles. The summed E-state index contributed by atoms with van der Waals surface area (Å²) >= 11 is 5.72. The van der Waals surface area contributed by atoms with Crippen molar-refractivity contribution in [2.75, 3.05) is 5.73 Å². The summed E-state index contributed by atoms with van der Waals surface area (Å²) in [7, 11) is 0. The van der Waals surface area contributed by atoms with Gasteiger partial charge in [0.1, 0.15) is 5.56 Å². The first kappa shape index (κ1) is 15.5. The maximum atomic E-state index is 12.4. The number of rotatable bonds is 4. The third-order valence-corrected chi connectivity index (χ3v) is 3.18. The van der Waals surface area contributed by atoms with Crippen LogP contribution in [0.4, 0.5) is 11.4 Å². The summed E-state index contributed by atoms with van der Waals surface area (Å²) in [5, 5.41) is 20.4. The number of hydrogen-bond acceptors (Lipinski definition) is 5. The monoisotopic (exact) mass is 320 g/mol. The average Bonchev–Trinajstić information content (AvgIpc) is 2.46. The van der Waals surface area contributed by atoms with E-state index in [-0.39, 0.29) is 22.4 Å². The maximum absolute atomic E-state index is 12.4. The molecule has 0 fully saturated rings. The number of ketones is 1. The molecule has 2 rings (SSSR count). The molecule has 0 radical (unpaired) electrons. The Hall–Kier alpha value is -2.93. The Labute approximate surface area is 129 Å². The Morgan fingerprint density at radius 3 is 2.23 bits per heavy atom. The number of carbonyl (C=O) groups excluding carboxylic acids is 1. The third-order valence-electron chi connectivity index (χ3n) is 2.93. The molecule has 0 aliphatic rings. The zero-order valence-electron chi connectivity index (χ0n) is 10.9. The number of nitrogen functional groups attached to an aromatic ring is 1. The lowest BCUT2D eigenvalue weighted by molar-refractivity contribution is -0.385. The van der Waals surface area contributed by atoms with E-state index in [1.54, 1.807) is 0 Å². The lowest BCUT2D eigenvalue weighted by Gasteiger charge is -2.07. The number of nitro groups is 1. The predicted molar refractivity (Wildman–Crippen MR) is 79.4 cm³/mol. The maximum Gasteiger partial charge on any atom is 0.336 e. The quantitative estimate of drug-likeness (QED) is 0.386. The number of nitrogens with two attached hydrogens (primary N) is 1. The second-order valence-electron chi connectivity index (χ2n) is 4.36. The summed E-state index contributed by atoms with van der Waals surface area (Å²) < 4.78 is 0. The molecule has 0 atom stereocenters. The van der Waals surface area contributed by atoms with Crippen molar-refractivity contribution in [1.82, 2.24) is 0 Å². The van der Waals surface area contributed by atoms with Crippen molar-refractivity contribution in [3.05, 3.63) is 68.2 Å². The molecule has 8 heteroatoms. The van der Waals surface area contributed by atoms with Crippen molar-refractivity contribution in [3.8, 4) is 0 Å². The molecule has 0 aromatic heterocycles. The molecule has 0 bridgehead atoms. The standard InChI is InChI=1S/C14H9ClN2O5/c15-9-3-1-7(2-4-9)13(18)12-10(16)5-8(14(19)20)6-11(12)17(21)22/h1-6H,16H2,(H,19,20).